The lowest BCUT2D eigenvalue weighted by molar-refractivity contribution is -0.143. The molecule has 2 aliphatic rings. The standard InChI is InChI=1S/C13H24N2O2/c1-15(9-10-4-2-3-5-10)11-6-7-13(14,8-11)12(16)17/h10-11H,2-9,14H2,1H3,(H,16,17). The fourth-order valence-corrected chi connectivity index (χ4v) is 3.37. The summed E-state index contributed by atoms with van der Waals surface area (Å²) in [6.07, 6.45) is 7.53. The Morgan fingerprint density at radius 2 is 2.06 bits per heavy atom. The van der Waals surface area contributed by atoms with Crippen LogP contribution < -0.4 is 5.73 Å². The summed E-state index contributed by atoms with van der Waals surface area (Å²) in [5.41, 5.74) is 4.93. The zero-order chi connectivity index (χ0) is 12.5. The third kappa shape index (κ3) is 2.80. The zero-order valence-electron chi connectivity index (χ0n) is 10.7. The molecule has 2 aliphatic carbocycles. The van der Waals surface area contributed by atoms with E-state index in [1.807, 2.05) is 0 Å². The molecule has 0 amide bonds. The maximum atomic E-state index is 11.1. The number of aliphatic carboxylic acids is 1. The first-order valence-electron chi connectivity index (χ1n) is 6.74. The Kier molecular flexibility index (Phi) is 3.73. The quantitative estimate of drug-likeness (QED) is 0.780. The van der Waals surface area contributed by atoms with Crippen molar-refractivity contribution in [2.24, 2.45) is 11.7 Å². The molecule has 0 aromatic rings. The molecular formula is C13H24N2O2. The minimum absolute atomic E-state index is 0.358. The third-order valence-corrected chi connectivity index (χ3v) is 4.59. The molecule has 0 spiro atoms. The average molecular weight is 240 g/mol. The Labute approximate surface area is 103 Å². The van der Waals surface area contributed by atoms with Crippen LogP contribution in [0.5, 0.6) is 0 Å². The van der Waals surface area contributed by atoms with Crippen LogP contribution >= 0.6 is 0 Å². The van der Waals surface area contributed by atoms with Crippen molar-refractivity contribution in [2.45, 2.75) is 56.5 Å². The van der Waals surface area contributed by atoms with Gasteiger partial charge in [0.25, 0.3) is 0 Å². The molecule has 2 saturated carbocycles. The Balaban J connectivity index is 1.85. The number of hydrogen-bond acceptors (Lipinski definition) is 3. The molecule has 0 saturated heterocycles. The molecule has 0 aromatic heterocycles. The number of nitrogens with two attached hydrogens (primary N) is 1. The molecule has 17 heavy (non-hydrogen) atoms. The lowest BCUT2D eigenvalue weighted by atomic mass is 9.99. The van der Waals surface area contributed by atoms with E-state index in [2.05, 4.69) is 11.9 Å². The number of carboxylic acid groups (broad SMARTS) is 1. The van der Waals surface area contributed by atoms with Gasteiger partial charge in [0.15, 0.2) is 0 Å². The molecule has 2 atom stereocenters. The lowest BCUT2D eigenvalue weighted by Gasteiger charge is -2.28. The highest BCUT2D eigenvalue weighted by atomic mass is 16.4. The normalized spacial score (nSPS) is 34.6. The molecule has 3 N–H and O–H groups in total. The zero-order valence-corrected chi connectivity index (χ0v) is 10.7. The summed E-state index contributed by atoms with van der Waals surface area (Å²) in [6, 6.07) is 0.358. The Bertz CT molecular complexity index is 289. The number of nitrogens with zero attached hydrogens (tertiary/aromatic N) is 1. The van der Waals surface area contributed by atoms with E-state index in [1.165, 1.54) is 25.7 Å². The van der Waals surface area contributed by atoms with Gasteiger partial charge in [0, 0.05) is 12.6 Å². The van der Waals surface area contributed by atoms with Gasteiger partial charge in [-0.15, -0.1) is 0 Å². The first-order valence-corrected chi connectivity index (χ1v) is 6.74. The van der Waals surface area contributed by atoms with E-state index in [0.29, 0.717) is 18.9 Å². The SMILES string of the molecule is CN(CC1CCCC1)C1CCC(N)(C(=O)O)C1. The number of hydrogen-bond donors (Lipinski definition) is 2. The minimum Gasteiger partial charge on any atom is -0.480 e. The maximum Gasteiger partial charge on any atom is 0.323 e. The van der Waals surface area contributed by atoms with E-state index in [9.17, 15) is 4.79 Å². The van der Waals surface area contributed by atoms with Gasteiger partial charge in [0.05, 0.1) is 0 Å². The highest BCUT2D eigenvalue weighted by molar-refractivity contribution is 5.79. The van der Waals surface area contributed by atoms with Crippen LogP contribution in [0.15, 0.2) is 0 Å². The molecule has 4 nitrogen and oxygen atoms in total. The first-order chi connectivity index (χ1) is 8.01. The van der Waals surface area contributed by atoms with Crippen molar-refractivity contribution in [3.63, 3.8) is 0 Å². The fraction of sp³-hybridized carbons (Fsp3) is 0.923. The van der Waals surface area contributed by atoms with Crippen LogP contribution in [0.2, 0.25) is 0 Å². The summed E-state index contributed by atoms with van der Waals surface area (Å²) < 4.78 is 0. The largest absolute Gasteiger partial charge is 0.480 e. The Morgan fingerprint density at radius 1 is 1.41 bits per heavy atom. The predicted octanol–water partition coefficient (Wildman–Crippen LogP) is 1.44. The van der Waals surface area contributed by atoms with Gasteiger partial charge in [-0.1, -0.05) is 12.8 Å². The highest BCUT2D eigenvalue weighted by Gasteiger charge is 2.43. The number of rotatable bonds is 4. The predicted molar refractivity (Wildman–Crippen MR) is 66.8 cm³/mol. The van der Waals surface area contributed by atoms with Gasteiger partial charge in [-0.3, -0.25) is 4.79 Å². The summed E-state index contributed by atoms with van der Waals surface area (Å²) in [7, 11) is 2.12. The number of carbonyl (C=O) groups is 1. The van der Waals surface area contributed by atoms with Crippen LogP contribution in [-0.2, 0) is 4.79 Å². The van der Waals surface area contributed by atoms with Gasteiger partial charge in [-0.25, -0.2) is 0 Å². The first kappa shape index (κ1) is 12.8. The van der Waals surface area contributed by atoms with Crippen molar-refractivity contribution in [1.82, 2.24) is 4.90 Å². The maximum absolute atomic E-state index is 11.1. The van der Waals surface area contributed by atoms with Crippen LogP contribution in [0.3, 0.4) is 0 Å². The monoisotopic (exact) mass is 240 g/mol. The molecule has 4 heteroatoms. The van der Waals surface area contributed by atoms with Crippen LogP contribution in [0.4, 0.5) is 0 Å². The van der Waals surface area contributed by atoms with E-state index in [-0.39, 0.29) is 0 Å². The molecule has 2 rings (SSSR count). The molecule has 2 unspecified atom stereocenters. The minimum atomic E-state index is -0.978. The van der Waals surface area contributed by atoms with Gasteiger partial charge < -0.3 is 15.7 Å². The second-order valence-corrected chi connectivity index (χ2v) is 5.95. The van der Waals surface area contributed by atoms with E-state index >= 15 is 0 Å². The molecule has 0 heterocycles. The summed E-state index contributed by atoms with van der Waals surface area (Å²) >= 11 is 0. The summed E-state index contributed by atoms with van der Waals surface area (Å²) in [5, 5.41) is 9.11. The van der Waals surface area contributed by atoms with Gasteiger partial charge in [-0.05, 0) is 45.1 Å². The van der Waals surface area contributed by atoms with E-state index in [4.69, 9.17) is 10.8 Å². The van der Waals surface area contributed by atoms with Crippen LogP contribution in [0, 0.1) is 5.92 Å². The van der Waals surface area contributed by atoms with Crippen LogP contribution in [-0.4, -0.2) is 41.1 Å². The van der Waals surface area contributed by atoms with Crippen molar-refractivity contribution < 1.29 is 9.90 Å². The van der Waals surface area contributed by atoms with Gasteiger partial charge >= 0.3 is 5.97 Å². The highest BCUT2D eigenvalue weighted by Crippen LogP contribution is 2.33. The second kappa shape index (κ2) is 4.94. The molecule has 0 aromatic carbocycles. The van der Waals surface area contributed by atoms with Crippen LogP contribution in [0.1, 0.15) is 44.9 Å². The van der Waals surface area contributed by atoms with Gasteiger partial charge in [0.1, 0.15) is 5.54 Å². The van der Waals surface area contributed by atoms with Crippen LogP contribution in [0.25, 0.3) is 0 Å². The Morgan fingerprint density at radius 3 is 2.59 bits per heavy atom. The van der Waals surface area contributed by atoms with Crippen molar-refractivity contribution in [2.75, 3.05) is 13.6 Å². The van der Waals surface area contributed by atoms with Crippen molar-refractivity contribution in [3.8, 4) is 0 Å². The molecule has 0 radical (unpaired) electrons. The van der Waals surface area contributed by atoms with Gasteiger partial charge in [0.2, 0.25) is 0 Å². The van der Waals surface area contributed by atoms with E-state index < -0.39 is 11.5 Å². The molecule has 2 fully saturated rings. The second-order valence-electron chi connectivity index (χ2n) is 5.95. The summed E-state index contributed by atoms with van der Waals surface area (Å²) in [4.78, 5) is 13.4. The van der Waals surface area contributed by atoms with Gasteiger partial charge in [-0.2, -0.15) is 0 Å². The lowest BCUT2D eigenvalue weighted by Crippen LogP contribution is -2.47. The molecule has 0 bridgehead atoms. The summed E-state index contributed by atoms with van der Waals surface area (Å²) in [6.45, 7) is 1.11. The Hall–Kier alpha value is -0.610. The fourth-order valence-electron chi connectivity index (χ4n) is 3.37. The molecule has 0 aliphatic heterocycles. The smallest absolute Gasteiger partial charge is 0.323 e. The van der Waals surface area contributed by atoms with E-state index in [0.717, 1.165) is 18.9 Å². The number of carboxylic acids is 1. The molecular weight excluding hydrogens is 216 g/mol. The van der Waals surface area contributed by atoms with Crippen molar-refractivity contribution in [1.29, 1.82) is 0 Å². The third-order valence-electron chi connectivity index (χ3n) is 4.59. The van der Waals surface area contributed by atoms with Crippen molar-refractivity contribution >= 4 is 5.97 Å². The topological polar surface area (TPSA) is 66.6 Å². The van der Waals surface area contributed by atoms with Crippen molar-refractivity contribution in [3.05, 3.63) is 0 Å². The molecule has 98 valence electrons. The average Bonchev–Trinajstić information content (AvgIpc) is 2.88. The van der Waals surface area contributed by atoms with E-state index in [1.54, 1.807) is 0 Å². The summed E-state index contributed by atoms with van der Waals surface area (Å²) in [5.74, 6) is -0.0214.